The number of hydrogen-bond acceptors (Lipinski definition) is 3. The second kappa shape index (κ2) is 7.99. The highest BCUT2D eigenvalue weighted by Gasteiger charge is 2.11. The maximum atomic E-state index is 11.9. The minimum Gasteiger partial charge on any atom is -0.482 e. The fraction of sp³-hybridized carbons (Fsp3) is 0.125. The third-order valence-electron chi connectivity index (χ3n) is 2.88. The number of ether oxygens (including phenoxy) is 1. The van der Waals surface area contributed by atoms with Crippen LogP contribution in [0, 0.1) is 6.92 Å². The van der Waals surface area contributed by atoms with Crippen LogP contribution in [0.15, 0.2) is 46.9 Å². The van der Waals surface area contributed by atoms with Crippen LogP contribution in [0.5, 0.6) is 5.75 Å². The van der Waals surface area contributed by atoms with Crippen LogP contribution in [0.2, 0.25) is 5.02 Å². The Morgan fingerprint density at radius 3 is 2.65 bits per heavy atom. The molecule has 0 unspecified atom stereocenters. The van der Waals surface area contributed by atoms with Crippen LogP contribution in [-0.2, 0) is 4.79 Å². The van der Waals surface area contributed by atoms with E-state index in [1.807, 2.05) is 13.0 Å². The summed E-state index contributed by atoms with van der Waals surface area (Å²) in [6.07, 6.45) is 0. The van der Waals surface area contributed by atoms with Gasteiger partial charge in [-0.3, -0.25) is 20.4 Å². The predicted octanol–water partition coefficient (Wildman–Crippen LogP) is 3.25. The molecule has 2 amide bonds. The third-order valence-corrected chi connectivity index (χ3v) is 3.88. The zero-order chi connectivity index (χ0) is 16.8. The molecule has 0 fully saturated rings. The van der Waals surface area contributed by atoms with Gasteiger partial charge in [-0.1, -0.05) is 29.8 Å². The van der Waals surface area contributed by atoms with Gasteiger partial charge in [-0.15, -0.1) is 0 Å². The number of nitrogens with one attached hydrogen (secondary N) is 2. The number of hydrogen-bond donors (Lipinski definition) is 2. The molecule has 0 aliphatic rings. The van der Waals surface area contributed by atoms with Gasteiger partial charge in [-0.2, -0.15) is 0 Å². The van der Waals surface area contributed by atoms with Crippen molar-refractivity contribution in [2.45, 2.75) is 6.92 Å². The van der Waals surface area contributed by atoms with Gasteiger partial charge < -0.3 is 4.74 Å². The summed E-state index contributed by atoms with van der Waals surface area (Å²) in [6, 6.07) is 12.2. The average Bonchev–Trinajstić information content (AvgIpc) is 2.54. The quantitative estimate of drug-likeness (QED) is 0.778. The summed E-state index contributed by atoms with van der Waals surface area (Å²) in [7, 11) is 0. The molecule has 2 N–H and O–H groups in total. The predicted molar refractivity (Wildman–Crippen MR) is 91.4 cm³/mol. The Kier molecular flexibility index (Phi) is 6.01. The minimum atomic E-state index is -0.497. The number of benzene rings is 2. The molecular formula is C16H14BrClN2O3. The molecule has 0 aromatic heterocycles. The van der Waals surface area contributed by atoms with Gasteiger partial charge in [0.1, 0.15) is 5.75 Å². The summed E-state index contributed by atoms with van der Waals surface area (Å²) in [4.78, 5) is 23.7. The van der Waals surface area contributed by atoms with E-state index < -0.39 is 11.8 Å². The number of aryl methyl sites for hydroxylation is 1. The molecule has 0 spiro atoms. The highest BCUT2D eigenvalue weighted by atomic mass is 79.9. The monoisotopic (exact) mass is 396 g/mol. The van der Waals surface area contributed by atoms with Crippen molar-refractivity contribution in [2.75, 3.05) is 6.61 Å². The Balaban J connectivity index is 1.85. The molecule has 0 heterocycles. The molecule has 120 valence electrons. The van der Waals surface area contributed by atoms with Crippen LogP contribution < -0.4 is 15.6 Å². The summed E-state index contributed by atoms with van der Waals surface area (Å²) < 4.78 is 5.97. The van der Waals surface area contributed by atoms with Crippen molar-refractivity contribution in [1.82, 2.24) is 10.9 Å². The first-order valence-corrected chi connectivity index (χ1v) is 7.87. The minimum absolute atomic E-state index is 0.264. The molecule has 0 aliphatic heterocycles. The van der Waals surface area contributed by atoms with Gasteiger partial charge >= 0.3 is 0 Å². The first-order chi connectivity index (χ1) is 11.0. The van der Waals surface area contributed by atoms with E-state index in [-0.39, 0.29) is 6.61 Å². The van der Waals surface area contributed by atoms with E-state index in [9.17, 15) is 9.59 Å². The Labute approximate surface area is 147 Å². The van der Waals surface area contributed by atoms with Crippen molar-refractivity contribution in [2.24, 2.45) is 0 Å². The maximum absolute atomic E-state index is 11.9. The molecule has 0 aliphatic carbocycles. The van der Waals surface area contributed by atoms with Crippen molar-refractivity contribution < 1.29 is 14.3 Å². The molecule has 2 rings (SSSR count). The number of hydrazine groups is 1. The molecule has 7 heteroatoms. The Hall–Kier alpha value is -2.05. The molecule has 23 heavy (non-hydrogen) atoms. The molecule has 0 saturated heterocycles. The van der Waals surface area contributed by atoms with Crippen LogP contribution >= 0.6 is 27.5 Å². The average molecular weight is 398 g/mol. The van der Waals surface area contributed by atoms with E-state index in [0.717, 1.165) is 5.56 Å². The molecule has 2 aromatic carbocycles. The van der Waals surface area contributed by atoms with Gasteiger partial charge in [0.15, 0.2) is 6.61 Å². The zero-order valence-electron chi connectivity index (χ0n) is 12.2. The molecule has 5 nitrogen and oxygen atoms in total. The van der Waals surface area contributed by atoms with Crippen LogP contribution in [0.25, 0.3) is 0 Å². The SMILES string of the molecule is Cc1ccc(Cl)c(OCC(=O)NNC(=O)c2ccccc2Br)c1. The Morgan fingerprint density at radius 2 is 1.91 bits per heavy atom. The van der Waals surface area contributed by atoms with Crippen LogP contribution in [-0.4, -0.2) is 18.4 Å². The fourth-order valence-electron chi connectivity index (χ4n) is 1.74. The van der Waals surface area contributed by atoms with Gasteiger partial charge in [-0.05, 0) is 52.7 Å². The number of halogens is 2. The lowest BCUT2D eigenvalue weighted by atomic mass is 10.2. The summed E-state index contributed by atoms with van der Waals surface area (Å²) in [5, 5.41) is 0.417. The third kappa shape index (κ3) is 4.97. The van der Waals surface area contributed by atoms with Gasteiger partial charge in [0.2, 0.25) is 0 Å². The summed E-state index contributed by atoms with van der Waals surface area (Å²) >= 11 is 9.24. The summed E-state index contributed by atoms with van der Waals surface area (Å²) in [5.41, 5.74) is 5.98. The standard InChI is InChI=1S/C16H14BrClN2O3/c1-10-6-7-13(18)14(8-10)23-9-15(21)19-20-16(22)11-4-2-3-5-12(11)17/h2-8H,9H2,1H3,(H,19,21)(H,20,22). The van der Waals surface area contributed by atoms with Gasteiger partial charge in [0.25, 0.3) is 11.8 Å². The van der Waals surface area contributed by atoms with E-state index in [1.54, 1.807) is 36.4 Å². The zero-order valence-corrected chi connectivity index (χ0v) is 14.6. The topological polar surface area (TPSA) is 67.4 Å². The lowest BCUT2D eigenvalue weighted by Gasteiger charge is -2.10. The normalized spacial score (nSPS) is 10.0. The van der Waals surface area contributed by atoms with E-state index in [1.165, 1.54) is 0 Å². The first kappa shape index (κ1) is 17.3. The van der Waals surface area contributed by atoms with Crippen LogP contribution in [0.4, 0.5) is 0 Å². The smallest absolute Gasteiger partial charge is 0.276 e. The molecule has 0 atom stereocenters. The number of amides is 2. The van der Waals surface area contributed by atoms with E-state index >= 15 is 0 Å². The first-order valence-electron chi connectivity index (χ1n) is 6.70. The van der Waals surface area contributed by atoms with Gasteiger partial charge in [-0.25, -0.2) is 0 Å². The lowest BCUT2D eigenvalue weighted by molar-refractivity contribution is -0.123. The van der Waals surface area contributed by atoms with Crippen LogP contribution in [0.1, 0.15) is 15.9 Å². The maximum Gasteiger partial charge on any atom is 0.276 e. The molecule has 0 saturated carbocycles. The second-order valence-electron chi connectivity index (χ2n) is 4.70. The fourth-order valence-corrected chi connectivity index (χ4v) is 2.38. The van der Waals surface area contributed by atoms with E-state index in [4.69, 9.17) is 16.3 Å². The molecule has 0 bridgehead atoms. The Morgan fingerprint density at radius 1 is 1.17 bits per heavy atom. The van der Waals surface area contributed by atoms with Crippen LogP contribution in [0.3, 0.4) is 0 Å². The molecule has 0 radical (unpaired) electrons. The number of rotatable bonds is 4. The summed E-state index contributed by atoms with van der Waals surface area (Å²) in [6.45, 7) is 1.63. The molecular weight excluding hydrogens is 384 g/mol. The number of carbonyl (C=O) groups is 2. The number of carbonyl (C=O) groups excluding carboxylic acids is 2. The molecule has 2 aromatic rings. The van der Waals surface area contributed by atoms with Crippen molar-refractivity contribution in [3.63, 3.8) is 0 Å². The van der Waals surface area contributed by atoms with E-state index in [2.05, 4.69) is 26.8 Å². The largest absolute Gasteiger partial charge is 0.482 e. The van der Waals surface area contributed by atoms with Crippen molar-refractivity contribution in [3.05, 3.63) is 63.1 Å². The second-order valence-corrected chi connectivity index (χ2v) is 5.97. The van der Waals surface area contributed by atoms with Crippen molar-refractivity contribution >= 4 is 39.3 Å². The lowest BCUT2D eigenvalue weighted by Crippen LogP contribution is -2.43. The van der Waals surface area contributed by atoms with Gasteiger partial charge in [0.05, 0.1) is 10.6 Å². The highest BCUT2D eigenvalue weighted by Crippen LogP contribution is 2.25. The Bertz CT molecular complexity index is 737. The highest BCUT2D eigenvalue weighted by molar-refractivity contribution is 9.10. The van der Waals surface area contributed by atoms with Gasteiger partial charge in [0, 0.05) is 4.47 Å². The van der Waals surface area contributed by atoms with E-state index in [0.29, 0.717) is 20.8 Å². The summed E-state index contributed by atoms with van der Waals surface area (Å²) in [5.74, 6) is -0.513. The van der Waals surface area contributed by atoms with Crippen molar-refractivity contribution in [3.8, 4) is 5.75 Å². The van der Waals surface area contributed by atoms with Crippen molar-refractivity contribution in [1.29, 1.82) is 0 Å².